The Bertz CT molecular complexity index is 1090. The van der Waals surface area contributed by atoms with Crippen molar-refractivity contribution in [3.8, 4) is 6.07 Å². The normalized spacial score (nSPS) is 18.1. The molecule has 1 amide bonds. The Hall–Kier alpha value is -2.85. The van der Waals surface area contributed by atoms with Gasteiger partial charge in [-0.1, -0.05) is 18.5 Å². The highest BCUT2D eigenvalue weighted by atomic mass is 35.5. The number of primary amides is 1. The third kappa shape index (κ3) is 3.06. The van der Waals surface area contributed by atoms with Crippen LogP contribution in [0.4, 0.5) is 5.69 Å². The zero-order valence-corrected chi connectivity index (χ0v) is 15.6. The number of nitrogens with zero attached hydrogens (tertiary/aromatic N) is 4. The van der Waals surface area contributed by atoms with E-state index in [-0.39, 0.29) is 11.8 Å². The predicted molar refractivity (Wildman–Crippen MR) is 104 cm³/mol. The first-order valence-corrected chi connectivity index (χ1v) is 9.26. The molecule has 1 fully saturated rings. The maximum Gasteiger partial charge on any atom is 0.220 e. The van der Waals surface area contributed by atoms with E-state index >= 15 is 0 Å². The fourth-order valence-electron chi connectivity index (χ4n) is 3.93. The average Bonchev–Trinajstić information content (AvgIpc) is 3.25. The fourth-order valence-corrected chi connectivity index (χ4v) is 4.20. The van der Waals surface area contributed by atoms with Crippen LogP contribution >= 0.6 is 11.6 Å². The van der Waals surface area contributed by atoms with Gasteiger partial charge < -0.3 is 15.6 Å². The molecule has 8 heteroatoms. The van der Waals surface area contributed by atoms with Gasteiger partial charge in [0.25, 0.3) is 0 Å². The highest BCUT2D eigenvalue weighted by molar-refractivity contribution is 6.35. The van der Waals surface area contributed by atoms with Gasteiger partial charge in [-0.05, 0) is 24.8 Å². The number of hydrogen-bond acceptors (Lipinski definition) is 5. The number of carbonyl (C=O) groups is 1. The number of nitrogens with two attached hydrogens (primary N) is 1. The molecule has 138 valence electrons. The Morgan fingerprint density at radius 2 is 2.33 bits per heavy atom. The minimum atomic E-state index is -0.258. The quantitative estimate of drug-likeness (QED) is 0.720. The number of nitrogens with one attached hydrogen (secondary N) is 1. The smallest absolute Gasteiger partial charge is 0.220 e. The van der Waals surface area contributed by atoms with Crippen molar-refractivity contribution in [1.29, 1.82) is 5.26 Å². The average molecular weight is 383 g/mol. The largest absolute Gasteiger partial charge is 0.369 e. The van der Waals surface area contributed by atoms with Gasteiger partial charge in [0.05, 0.1) is 34.0 Å². The van der Waals surface area contributed by atoms with Crippen LogP contribution in [0.15, 0.2) is 18.5 Å². The molecule has 1 aliphatic heterocycles. The molecule has 3 aromatic heterocycles. The van der Waals surface area contributed by atoms with Crippen LogP contribution in [0.2, 0.25) is 5.02 Å². The van der Waals surface area contributed by atoms with Crippen molar-refractivity contribution in [1.82, 2.24) is 15.0 Å². The lowest BCUT2D eigenvalue weighted by Gasteiger charge is -2.21. The zero-order chi connectivity index (χ0) is 19.1. The second kappa shape index (κ2) is 6.71. The second-order valence-corrected chi connectivity index (χ2v) is 7.58. The summed E-state index contributed by atoms with van der Waals surface area (Å²) in [7, 11) is 0. The van der Waals surface area contributed by atoms with Crippen molar-refractivity contribution in [2.45, 2.75) is 19.8 Å². The Morgan fingerprint density at radius 1 is 1.52 bits per heavy atom. The van der Waals surface area contributed by atoms with Crippen LogP contribution in [0.3, 0.4) is 0 Å². The van der Waals surface area contributed by atoms with E-state index in [4.69, 9.17) is 17.3 Å². The molecule has 2 unspecified atom stereocenters. The minimum absolute atomic E-state index is 0.139. The number of amides is 1. The highest BCUT2D eigenvalue weighted by Gasteiger charge is 2.29. The number of rotatable bonds is 4. The van der Waals surface area contributed by atoms with E-state index in [1.165, 1.54) is 0 Å². The topological polar surface area (TPSA) is 112 Å². The van der Waals surface area contributed by atoms with Crippen LogP contribution < -0.4 is 10.6 Å². The van der Waals surface area contributed by atoms with Gasteiger partial charge >= 0.3 is 0 Å². The highest BCUT2D eigenvalue weighted by Crippen LogP contribution is 2.40. The lowest BCUT2D eigenvalue weighted by Crippen LogP contribution is -2.25. The number of anilines is 1. The molecule has 0 radical (unpaired) electrons. The van der Waals surface area contributed by atoms with Crippen molar-refractivity contribution >= 4 is 45.1 Å². The number of aromatic amines is 1. The number of H-pyrrole nitrogens is 1. The number of pyridine rings is 2. The third-order valence-electron chi connectivity index (χ3n) is 5.32. The van der Waals surface area contributed by atoms with Crippen LogP contribution in [0, 0.1) is 23.2 Å². The Kier molecular flexibility index (Phi) is 4.36. The van der Waals surface area contributed by atoms with Crippen LogP contribution in [-0.2, 0) is 4.79 Å². The number of nitriles is 1. The zero-order valence-electron chi connectivity index (χ0n) is 14.9. The molecule has 4 heterocycles. The first kappa shape index (κ1) is 17.6. The van der Waals surface area contributed by atoms with Crippen molar-refractivity contribution in [2.24, 2.45) is 17.6 Å². The molecule has 0 aliphatic carbocycles. The second-order valence-electron chi connectivity index (χ2n) is 7.17. The van der Waals surface area contributed by atoms with Gasteiger partial charge in [-0.25, -0.2) is 9.97 Å². The van der Waals surface area contributed by atoms with Crippen LogP contribution in [0.25, 0.3) is 21.9 Å². The lowest BCUT2D eigenvalue weighted by atomic mass is 9.95. The molecule has 0 saturated carbocycles. The molecule has 0 bridgehead atoms. The van der Waals surface area contributed by atoms with E-state index in [1.807, 2.05) is 6.92 Å². The Morgan fingerprint density at radius 3 is 3.07 bits per heavy atom. The molecule has 4 rings (SSSR count). The first-order chi connectivity index (χ1) is 13.0. The molecule has 1 saturated heterocycles. The molecule has 0 aromatic carbocycles. The number of aromatic nitrogens is 3. The van der Waals surface area contributed by atoms with E-state index in [0.29, 0.717) is 16.6 Å². The molecule has 1 aliphatic rings. The maximum atomic E-state index is 11.4. The lowest BCUT2D eigenvalue weighted by molar-refractivity contribution is -0.121. The summed E-state index contributed by atoms with van der Waals surface area (Å²) in [5, 5.41) is 11.6. The van der Waals surface area contributed by atoms with Gasteiger partial charge in [-0.3, -0.25) is 4.79 Å². The number of hydrogen-bond donors (Lipinski definition) is 2. The molecular formula is C19H19ClN6O. The van der Waals surface area contributed by atoms with E-state index in [9.17, 15) is 10.1 Å². The summed E-state index contributed by atoms with van der Waals surface area (Å²) in [6.07, 6.45) is 5.04. The number of fused-ring (bicyclic) bond motifs is 3. The fraction of sp³-hybridized carbons (Fsp3) is 0.368. The number of halogens is 1. The summed E-state index contributed by atoms with van der Waals surface area (Å²) < 4.78 is 0. The van der Waals surface area contributed by atoms with Gasteiger partial charge in [0, 0.05) is 24.4 Å². The maximum absolute atomic E-state index is 11.4. The van der Waals surface area contributed by atoms with Crippen LogP contribution in [0.1, 0.15) is 25.5 Å². The van der Waals surface area contributed by atoms with E-state index in [2.05, 4.69) is 25.9 Å². The van der Waals surface area contributed by atoms with Crippen LogP contribution in [-0.4, -0.2) is 33.9 Å². The summed E-state index contributed by atoms with van der Waals surface area (Å²) in [5.74, 6) is -0.0144. The molecule has 2 atom stereocenters. The summed E-state index contributed by atoms with van der Waals surface area (Å²) in [5.41, 5.74) is 8.22. The van der Waals surface area contributed by atoms with E-state index < -0.39 is 0 Å². The SMILES string of the molecule is CC(CC1CCN(c2c(Cl)cnc3[nH]c4cnc(C#N)cc4c23)C1)C(N)=O. The van der Waals surface area contributed by atoms with Gasteiger partial charge in [0.2, 0.25) is 5.91 Å². The van der Waals surface area contributed by atoms with Gasteiger partial charge in [0.15, 0.2) is 0 Å². The molecule has 27 heavy (non-hydrogen) atoms. The Balaban J connectivity index is 1.76. The summed E-state index contributed by atoms with van der Waals surface area (Å²) >= 11 is 6.55. The first-order valence-electron chi connectivity index (χ1n) is 8.88. The predicted octanol–water partition coefficient (Wildman–Crippen LogP) is 2.97. The van der Waals surface area contributed by atoms with Crippen molar-refractivity contribution < 1.29 is 4.79 Å². The molecule has 3 N–H and O–H groups in total. The Labute approximate surface area is 161 Å². The molecule has 7 nitrogen and oxygen atoms in total. The van der Waals surface area contributed by atoms with Gasteiger partial charge in [-0.15, -0.1) is 0 Å². The van der Waals surface area contributed by atoms with Crippen molar-refractivity contribution in [3.63, 3.8) is 0 Å². The third-order valence-corrected chi connectivity index (χ3v) is 5.60. The summed E-state index contributed by atoms with van der Waals surface area (Å²) in [6, 6.07) is 3.84. The monoisotopic (exact) mass is 382 g/mol. The minimum Gasteiger partial charge on any atom is -0.369 e. The van der Waals surface area contributed by atoms with E-state index in [1.54, 1.807) is 18.5 Å². The van der Waals surface area contributed by atoms with Gasteiger partial charge in [-0.2, -0.15) is 5.26 Å². The summed E-state index contributed by atoms with van der Waals surface area (Å²) in [6.45, 7) is 3.52. The standard InChI is InChI=1S/C19H19ClN6O/c1-10(18(22)27)4-11-2-3-26(9-11)17-14(20)7-24-19-16(17)13-5-12(6-21)23-8-15(13)25-19/h5,7-8,10-11H,2-4,9H2,1H3,(H2,22,27)(H,24,25). The molecule has 3 aromatic rings. The van der Waals surface area contributed by atoms with Crippen LogP contribution in [0.5, 0.6) is 0 Å². The molecular weight excluding hydrogens is 364 g/mol. The van der Waals surface area contributed by atoms with Crippen molar-refractivity contribution in [3.05, 3.63) is 29.2 Å². The van der Waals surface area contributed by atoms with Gasteiger partial charge in [0.1, 0.15) is 17.4 Å². The van der Waals surface area contributed by atoms with Crippen molar-refractivity contribution in [2.75, 3.05) is 18.0 Å². The van der Waals surface area contributed by atoms with E-state index in [0.717, 1.165) is 53.6 Å². The summed E-state index contributed by atoms with van der Waals surface area (Å²) in [4.78, 5) is 25.4. The number of carbonyl (C=O) groups excluding carboxylic acids is 1. The molecule has 0 spiro atoms.